The van der Waals surface area contributed by atoms with Crippen LogP contribution >= 0.6 is 11.6 Å². The van der Waals surface area contributed by atoms with Gasteiger partial charge in [0.05, 0.1) is 12.7 Å². The highest BCUT2D eigenvalue weighted by Gasteiger charge is 2.25. The van der Waals surface area contributed by atoms with Crippen molar-refractivity contribution in [1.82, 2.24) is 0 Å². The Kier molecular flexibility index (Phi) is 4.77. The molecule has 1 aromatic rings. The molecule has 0 saturated heterocycles. The second-order valence-electron chi connectivity index (χ2n) is 4.60. The van der Waals surface area contributed by atoms with Crippen LogP contribution in [-0.4, -0.2) is 19.4 Å². The predicted molar refractivity (Wildman–Crippen MR) is 74.8 cm³/mol. The number of ketones is 1. The molecule has 1 rings (SSSR count). The van der Waals surface area contributed by atoms with E-state index in [9.17, 15) is 4.79 Å². The first-order valence-electron chi connectivity index (χ1n) is 5.94. The van der Waals surface area contributed by atoms with Crippen LogP contribution in [0.5, 0.6) is 5.75 Å². The molecular formula is C14H20ClNO2. The summed E-state index contributed by atoms with van der Waals surface area (Å²) < 4.78 is 5.39. The summed E-state index contributed by atoms with van der Waals surface area (Å²) in [6.45, 7) is 7.79. The van der Waals surface area contributed by atoms with Crippen molar-refractivity contribution in [1.29, 1.82) is 0 Å². The number of hydrogen-bond acceptors (Lipinski definition) is 3. The van der Waals surface area contributed by atoms with E-state index in [2.05, 4.69) is 0 Å². The molecule has 0 spiro atoms. The van der Waals surface area contributed by atoms with Gasteiger partial charge in [-0.2, -0.15) is 0 Å². The van der Waals surface area contributed by atoms with E-state index < -0.39 is 0 Å². The number of halogens is 1. The van der Waals surface area contributed by atoms with Gasteiger partial charge in [-0.1, -0.05) is 18.5 Å². The van der Waals surface area contributed by atoms with E-state index in [4.69, 9.17) is 22.1 Å². The number of hydrogen-bond donors (Lipinski definition) is 1. The van der Waals surface area contributed by atoms with E-state index in [0.717, 1.165) is 16.7 Å². The molecule has 18 heavy (non-hydrogen) atoms. The number of carbonyl (C=O) groups excluding carboxylic acids is 1. The molecule has 0 aliphatic carbocycles. The lowest BCUT2D eigenvalue weighted by Gasteiger charge is -2.19. The first-order valence-corrected chi connectivity index (χ1v) is 6.32. The Balaban J connectivity index is 3.57. The lowest BCUT2D eigenvalue weighted by molar-refractivity contribution is 0.0930. The molecule has 1 aromatic carbocycles. The van der Waals surface area contributed by atoms with Crippen LogP contribution in [0, 0.1) is 26.7 Å². The summed E-state index contributed by atoms with van der Waals surface area (Å²) >= 11 is 6.27. The number of carbonyl (C=O) groups is 1. The maximum atomic E-state index is 12.4. The quantitative estimate of drug-likeness (QED) is 0.855. The topological polar surface area (TPSA) is 52.3 Å². The number of Topliss-reactive ketones (excluding diaryl/α,β-unsaturated/α-hetero) is 1. The van der Waals surface area contributed by atoms with Crippen molar-refractivity contribution in [2.45, 2.75) is 27.7 Å². The standard InChI is InChI=1S/C14H20ClNO2/c1-7(6-16)13(17)11-10(4)12(15)8(2)9(3)14(11)18-5/h7H,6,16H2,1-5H3. The highest BCUT2D eigenvalue weighted by atomic mass is 35.5. The Bertz CT molecular complexity index is 483. The molecule has 0 bridgehead atoms. The van der Waals surface area contributed by atoms with Gasteiger partial charge in [0, 0.05) is 17.5 Å². The number of methoxy groups -OCH3 is 1. The van der Waals surface area contributed by atoms with Crippen LogP contribution < -0.4 is 10.5 Å². The Morgan fingerprint density at radius 3 is 2.28 bits per heavy atom. The van der Waals surface area contributed by atoms with E-state index in [0.29, 0.717) is 22.9 Å². The van der Waals surface area contributed by atoms with E-state index in [1.165, 1.54) is 0 Å². The average Bonchev–Trinajstić information content (AvgIpc) is 2.38. The number of nitrogens with two attached hydrogens (primary N) is 1. The summed E-state index contributed by atoms with van der Waals surface area (Å²) in [5.41, 5.74) is 8.74. The fourth-order valence-electron chi connectivity index (χ4n) is 1.99. The largest absolute Gasteiger partial charge is 0.496 e. The van der Waals surface area contributed by atoms with Gasteiger partial charge in [-0.3, -0.25) is 4.79 Å². The van der Waals surface area contributed by atoms with Crippen LogP contribution in [0.1, 0.15) is 34.0 Å². The molecule has 100 valence electrons. The molecule has 0 aliphatic heterocycles. The van der Waals surface area contributed by atoms with Gasteiger partial charge in [-0.05, 0) is 37.5 Å². The van der Waals surface area contributed by atoms with E-state index in [1.54, 1.807) is 7.11 Å². The molecule has 0 heterocycles. The fourth-order valence-corrected chi connectivity index (χ4v) is 2.23. The minimum Gasteiger partial charge on any atom is -0.496 e. The molecule has 1 atom stereocenters. The molecule has 0 fully saturated rings. The predicted octanol–water partition coefficient (Wildman–Crippen LogP) is 3.05. The molecule has 0 amide bonds. The van der Waals surface area contributed by atoms with Crippen molar-refractivity contribution in [3.05, 3.63) is 27.3 Å². The molecule has 2 N–H and O–H groups in total. The summed E-state index contributed by atoms with van der Waals surface area (Å²) in [4.78, 5) is 12.4. The molecule has 0 aliphatic rings. The van der Waals surface area contributed by atoms with Crippen molar-refractivity contribution in [2.75, 3.05) is 13.7 Å². The molecule has 0 saturated carbocycles. The summed E-state index contributed by atoms with van der Waals surface area (Å²) in [5, 5.41) is 0.626. The van der Waals surface area contributed by atoms with E-state index in [-0.39, 0.29) is 11.7 Å². The molecule has 3 nitrogen and oxygen atoms in total. The van der Waals surface area contributed by atoms with Gasteiger partial charge < -0.3 is 10.5 Å². The van der Waals surface area contributed by atoms with Crippen molar-refractivity contribution in [3.63, 3.8) is 0 Å². The summed E-state index contributed by atoms with van der Waals surface area (Å²) in [7, 11) is 1.57. The van der Waals surface area contributed by atoms with Crippen LogP contribution in [0.4, 0.5) is 0 Å². The highest BCUT2D eigenvalue weighted by Crippen LogP contribution is 2.36. The third-order valence-electron chi connectivity index (χ3n) is 3.42. The first-order chi connectivity index (χ1) is 8.36. The van der Waals surface area contributed by atoms with E-state index >= 15 is 0 Å². The van der Waals surface area contributed by atoms with Gasteiger partial charge in [0.2, 0.25) is 0 Å². The first kappa shape index (κ1) is 15.0. The minimum absolute atomic E-state index is 0.0168. The second kappa shape index (κ2) is 5.72. The molecule has 0 aromatic heterocycles. The number of ether oxygens (including phenoxy) is 1. The number of benzene rings is 1. The van der Waals surface area contributed by atoms with Crippen LogP contribution in [0.25, 0.3) is 0 Å². The zero-order valence-electron chi connectivity index (χ0n) is 11.6. The minimum atomic E-state index is -0.240. The van der Waals surface area contributed by atoms with Gasteiger partial charge in [-0.25, -0.2) is 0 Å². The summed E-state index contributed by atoms with van der Waals surface area (Å²) in [6.07, 6.45) is 0. The van der Waals surface area contributed by atoms with Gasteiger partial charge >= 0.3 is 0 Å². The molecule has 0 radical (unpaired) electrons. The summed E-state index contributed by atoms with van der Waals surface area (Å²) in [5.74, 6) is 0.354. The van der Waals surface area contributed by atoms with Crippen LogP contribution in [0.2, 0.25) is 5.02 Å². The third kappa shape index (κ3) is 2.38. The zero-order valence-corrected chi connectivity index (χ0v) is 12.3. The number of rotatable bonds is 4. The lowest BCUT2D eigenvalue weighted by atomic mass is 9.91. The normalized spacial score (nSPS) is 12.4. The van der Waals surface area contributed by atoms with Crippen molar-refractivity contribution in [2.24, 2.45) is 11.7 Å². The maximum absolute atomic E-state index is 12.4. The molecule has 1 unspecified atom stereocenters. The third-order valence-corrected chi connectivity index (χ3v) is 3.98. The Labute approximate surface area is 113 Å². The van der Waals surface area contributed by atoms with Crippen molar-refractivity contribution < 1.29 is 9.53 Å². The van der Waals surface area contributed by atoms with Crippen molar-refractivity contribution in [3.8, 4) is 5.75 Å². The molecular weight excluding hydrogens is 250 g/mol. The van der Waals surface area contributed by atoms with Crippen LogP contribution in [0.15, 0.2) is 0 Å². The van der Waals surface area contributed by atoms with Crippen LogP contribution in [-0.2, 0) is 0 Å². The Morgan fingerprint density at radius 2 is 1.83 bits per heavy atom. The van der Waals surface area contributed by atoms with E-state index in [1.807, 2.05) is 27.7 Å². The van der Waals surface area contributed by atoms with Crippen LogP contribution in [0.3, 0.4) is 0 Å². The molecule has 4 heteroatoms. The second-order valence-corrected chi connectivity index (χ2v) is 4.98. The zero-order chi connectivity index (χ0) is 14.0. The Morgan fingerprint density at radius 1 is 1.28 bits per heavy atom. The maximum Gasteiger partial charge on any atom is 0.170 e. The lowest BCUT2D eigenvalue weighted by Crippen LogP contribution is -2.22. The fraction of sp³-hybridized carbons (Fsp3) is 0.500. The van der Waals surface area contributed by atoms with Crippen molar-refractivity contribution >= 4 is 17.4 Å². The van der Waals surface area contributed by atoms with Gasteiger partial charge in [0.15, 0.2) is 5.78 Å². The Hall–Kier alpha value is -1.06. The highest BCUT2D eigenvalue weighted by molar-refractivity contribution is 6.33. The van der Waals surface area contributed by atoms with Gasteiger partial charge in [-0.15, -0.1) is 0 Å². The summed E-state index contributed by atoms with van der Waals surface area (Å²) in [6, 6.07) is 0. The van der Waals surface area contributed by atoms with Gasteiger partial charge in [0.25, 0.3) is 0 Å². The SMILES string of the molecule is COc1c(C)c(C)c(Cl)c(C)c1C(=O)C(C)CN. The monoisotopic (exact) mass is 269 g/mol. The average molecular weight is 270 g/mol. The smallest absolute Gasteiger partial charge is 0.170 e. The van der Waals surface area contributed by atoms with Gasteiger partial charge in [0.1, 0.15) is 5.75 Å².